The molecule has 0 radical (unpaired) electrons. The Kier molecular flexibility index (Phi) is 2.80. The highest BCUT2D eigenvalue weighted by atomic mass is 79.9. The molecule has 0 saturated heterocycles. The zero-order chi connectivity index (χ0) is 11.0. The summed E-state index contributed by atoms with van der Waals surface area (Å²) < 4.78 is 1.18. The number of hydrogen-bond donors (Lipinski definition) is 1. The molecule has 1 aromatic rings. The molecule has 1 N–H and O–H groups in total. The minimum absolute atomic E-state index is 0.448. The first kappa shape index (κ1) is 10.8. The molecule has 0 bridgehead atoms. The SMILES string of the molecule is Brc1ccc(C2(CNC3CC3)CCC2)cc1. The van der Waals surface area contributed by atoms with E-state index in [-0.39, 0.29) is 0 Å². The third-order valence-corrected chi connectivity index (χ3v) is 4.60. The molecule has 2 heteroatoms. The van der Waals surface area contributed by atoms with Gasteiger partial charge in [0.05, 0.1) is 0 Å². The van der Waals surface area contributed by atoms with Crippen LogP contribution in [0.4, 0.5) is 0 Å². The highest BCUT2D eigenvalue weighted by molar-refractivity contribution is 9.10. The summed E-state index contributed by atoms with van der Waals surface area (Å²) in [5, 5.41) is 3.70. The summed E-state index contributed by atoms with van der Waals surface area (Å²) in [5.74, 6) is 0. The first-order chi connectivity index (χ1) is 7.78. The summed E-state index contributed by atoms with van der Waals surface area (Å²) in [6.07, 6.45) is 6.87. The van der Waals surface area contributed by atoms with Gasteiger partial charge >= 0.3 is 0 Å². The fourth-order valence-electron chi connectivity index (χ4n) is 2.60. The van der Waals surface area contributed by atoms with Gasteiger partial charge in [-0.3, -0.25) is 0 Å². The lowest BCUT2D eigenvalue weighted by molar-refractivity contribution is 0.233. The topological polar surface area (TPSA) is 12.0 Å². The molecule has 2 saturated carbocycles. The predicted molar refractivity (Wildman–Crippen MR) is 70.7 cm³/mol. The van der Waals surface area contributed by atoms with E-state index < -0.39 is 0 Å². The van der Waals surface area contributed by atoms with Crippen molar-refractivity contribution in [1.29, 1.82) is 0 Å². The fourth-order valence-corrected chi connectivity index (χ4v) is 2.87. The van der Waals surface area contributed by atoms with Gasteiger partial charge in [0, 0.05) is 22.5 Å². The quantitative estimate of drug-likeness (QED) is 0.888. The van der Waals surface area contributed by atoms with Crippen molar-refractivity contribution >= 4 is 15.9 Å². The average molecular weight is 280 g/mol. The van der Waals surface area contributed by atoms with Gasteiger partial charge in [-0.2, -0.15) is 0 Å². The molecular weight excluding hydrogens is 262 g/mol. The van der Waals surface area contributed by atoms with Crippen molar-refractivity contribution in [1.82, 2.24) is 5.32 Å². The second kappa shape index (κ2) is 4.15. The second-order valence-corrected chi connectivity index (χ2v) is 6.21. The van der Waals surface area contributed by atoms with Crippen LogP contribution >= 0.6 is 15.9 Å². The van der Waals surface area contributed by atoms with E-state index in [9.17, 15) is 0 Å². The summed E-state index contributed by atoms with van der Waals surface area (Å²) in [5.41, 5.74) is 1.97. The van der Waals surface area contributed by atoms with Crippen LogP contribution in [0.15, 0.2) is 28.7 Å². The normalized spacial score (nSPS) is 22.8. The van der Waals surface area contributed by atoms with E-state index in [2.05, 4.69) is 45.5 Å². The minimum atomic E-state index is 0.448. The molecule has 0 aliphatic heterocycles. The van der Waals surface area contributed by atoms with Crippen LogP contribution < -0.4 is 5.32 Å². The zero-order valence-electron chi connectivity index (χ0n) is 9.51. The number of rotatable bonds is 4. The predicted octanol–water partition coefficient (Wildman–Crippen LogP) is 3.62. The van der Waals surface area contributed by atoms with E-state index in [0.717, 1.165) is 6.04 Å². The molecule has 16 heavy (non-hydrogen) atoms. The molecule has 0 aromatic heterocycles. The van der Waals surface area contributed by atoms with Gasteiger partial charge in [0.2, 0.25) is 0 Å². The molecule has 0 spiro atoms. The summed E-state index contributed by atoms with van der Waals surface area (Å²) in [6.45, 7) is 1.18. The Morgan fingerprint density at radius 3 is 2.38 bits per heavy atom. The fraction of sp³-hybridized carbons (Fsp3) is 0.571. The van der Waals surface area contributed by atoms with Gasteiger partial charge in [-0.15, -0.1) is 0 Å². The maximum atomic E-state index is 3.70. The summed E-state index contributed by atoms with van der Waals surface area (Å²) in [6, 6.07) is 9.75. The maximum absolute atomic E-state index is 3.70. The van der Waals surface area contributed by atoms with Gasteiger partial charge in [0.15, 0.2) is 0 Å². The highest BCUT2D eigenvalue weighted by Crippen LogP contribution is 2.43. The van der Waals surface area contributed by atoms with Gasteiger partial charge in [-0.05, 0) is 43.4 Å². The number of nitrogens with one attached hydrogen (secondary N) is 1. The lowest BCUT2D eigenvalue weighted by Gasteiger charge is -2.43. The lowest BCUT2D eigenvalue weighted by Crippen LogP contribution is -2.44. The Morgan fingerprint density at radius 1 is 1.19 bits per heavy atom. The van der Waals surface area contributed by atoms with Gasteiger partial charge in [0.25, 0.3) is 0 Å². The molecule has 3 rings (SSSR count). The van der Waals surface area contributed by atoms with E-state index in [1.807, 2.05) is 0 Å². The molecule has 86 valence electrons. The Bertz CT molecular complexity index is 363. The van der Waals surface area contributed by atoms with Crippen molar-refractivity contribution in [3.8, 4) is 0 Å². The number of benzene rings is 1. The molecule has 0 amide bonds. The van der Waals surface area contributed by atoms with Crippen LogP contribution in [-0.2, 0) is 5.41 Å². The van der Waals surface area contributed by atoms with Gasteiger partial charge < -0.3 is 5.32 Å². The van der Waals surface area contributed by atoms with Gasteiger partial charge in [-0.25, -0.2) is 0 Å². The molecule has 1 nitrogen and oxygen atoms in total. The largest absolute Gasteiger partial charge is 0.313 e. The van der Waals surface area contributed by atoms with E-state index >= 15 is 0 Å². The number of hydrogen-bond acceptors (Lipinski definition) is 1. The van der Waals surface area contributed by atoms with Crippen molar-refractivity contribution in [2.75, 3.05) is 6.54 Å². The van der Waals surface area contributed by atoms with Crippen LogP contribution in [0.5, 0.6) is 0 Å². The van der Waals surface area contributed by atoms with Crippen molar-refractivity contribution in [2.24, 2.45) is 0 Å². The Labute approximate surface area is 106 Å². The molecule has 2 aliphatic carbocycles. The Hall–Kier alpha value is -0.340. The van der Waals surface area contributed by atoms with Crippen molar-refractivity contribution in [3.05, 3.63) is 34.3 Å². The van der Waals surface area contributed by atoms with E-state index in [4.69, 9.17) is 0 Å². The van der Waals surface area contributed by atoms with Crippen molar-refractivity contribution in [2.45, 2.75) is 43.6 Å². The second-order valence-electron chi connectivity index (χ2n) is 5.30. The van der Waals surface area contributed by atoms with E-state index in [0.29, 0.717) is 5.41 Å². The Balaban J connectivity index is 1.74. The molecule has 2 aliphatic rings. The van der Waals surface area contributed by atoms with Crippen LogP contribution in [0.3, 0.4) is 0 Å². The smallest absolute Gasteiger partial charge is 0.0175 e. The van der Waals surface area contributed by atoms with Crippen molar-refractivity contribution in [3.63, 3.8) is 0 Å². The molecule has 2 fully saturated rings. The molecule has 0 unspecified atom stereocenters. The molecular formula is C14H18BrN. The number of halogens is 1. The minimum Gasteiger partial charge on any atom is -0.313 e. The molecule has 0 atom stereocenters. The maximum Gasteiger partial charge on any atom is 0.0175 e. The first-order valence-electron chi connectivity index (χ1n) is 6.28. The molecule has 1 aromatic carbocycles. The zero-order valence-corrected chi connectivity index (χ0v) is 11.1. The third-order valence-electron chi connectivity index (χ3n) is 4.07. The van der Waals surface area contributed by atoms with Gasteiger partial charge in [-0.1, -0.05) is 34.5 Å². The van der Waals surface area contributed by atoms with Crippen LogP contribution in [0.25, 0.3) is 0 Å². The van der Waals surface area contributed by atoms with Crippen LogP contribution in [0, 0.1) is 0 Å². The van der Waals surface area contributed by atoms with Crippen LogP contribution in [0.1, 0.15) is 37.7 Å². The molecule has 0 heterocycles. The summed E-state index contributed by atoms with van der Waals surface area (Å²) in [7, 11) is 0. The monoisotopic (exact) mass is 279 g/mol. The average Bonchev–Trinajstić information content (AvgIpc) is 3.03. The van der Waals surface area contributed by atoms with Crippen molar-refractivity contribution < 1.29 is 0 Å². The summed E-state index contributed by atoms with van der Waals surface area (Å²) in [4.78, 5) is 0. The van der Waals surface area contributed by atoms with Crippen LogP contribution in [-0.4, -0.2) is 12.6 Å². The third kappa shape index (κ3) is 2.05. The summed E-state index contributed by atoms with van der Waals surface area (Å²) >= 11 is 3.51. The standard InChI is InChI=1S/C14H18BrN/c15-12-4-2-11(3-5-12)14(8-1-9-14)10-16-13-6-7-13/h2-5,13,16H,1,6-10H2. The van der Waals surface area contributed by atoms with Crippen LogP contribution in [0.2, 0.25) is 0 Å². The van der Waals surface area contributed by atoms with E-state index in [1.54, 1.807) is 0 Å². The Morgan fingerprint density at radius 2 is 1.88 bits per heavy atom. The van der Waals surface area contributed by atoms with Gasteiger partial charge in [0.1, 0.15) is 0 Å². The van der Waals surface area contributed by atoms with E-state index in [1.165, 1.54) is 48.7 Å². The lowest BCUT2D eigenvalue weighted by atomic mass is 9.64. The first-order valence-corrected chi connectivity index (χ1v) is 7.07. The highest BCUT2D eigenvalue weighted by Gasteiger charge is 2.39.